The minimum Gasteiger partial charge on any atom is -0.326 e. The number of benzene rings is 1. The Morgan fingerprint density at radius 1 is 1.32 bits per heavy atom. The third-order valence-electron chi connectivity index (χ3n) is 2.76. The SMILES string of the molecule is CNCCN(C)CCC(=O)Nc1ccc(C#N)cc1. The maximum Gasteiger partial charge on any atom is 0.225 e. The van der Waals surface area contributed by atoms with Crippen LogP contribution >= 0.6 is 0 Å². The lowest BCUT2D eigenvalue weighted by Gasteiger charge is -2.15. The summed E-state index contributed by atoms with van der Waals surface area (Å²) in [4.78, 5) is 13.8. The highest BCUT2D eigenvalue weighted by atomic mass is 16.1. The highest BCUT2D eigenvalue weighted by molar-refractivity contribution is 5.90. The molecule has 0 heterocycles. The molecule has 0 unspecified atom stereocenters. The maximum atomic E-state index is 11.7. The van der Waals surface area contributed by atoms with E-state index in [9.17, 15) is 4.79 Å². The number of hydrogen-bond donors (Lipinski definition) is 2. The maximum absolute atomic E-state index is 11.7. The lowest BCUT2D eigenvalue weighted by Crippen LogP contribution is -2.30. The standard InChI is InChI=1S/C14H20N4O/c1-16-8-10-18(2)9-7-14(19)17-13-5-3-12(11-15)4-6-13/h3-6,16H,7-10H2,1-2H3,(H,17,19). The molecule has 2 N–H and O–H groups in total. The fourth-order valence-corrected chi connectivity index (χ4v) is 1.56. The average Bonchev–Trinajstić information content (AvgIpc) is 2.43. The first-order valence-electron chi connectivity index (χ1n) is 6.29. The average molecular weight is 260 g/mol. The lowest BCUT2D eigenvalue weighted by molar-refractivity contribution is -0.116. The lowest BCUT2D eigenvalue weighted by atomic mass is 10.2. The molecule has 0 radical (unpaired) electrons. The minimum absolute atomic E-state index is 0.0129. The molecular formula is C14H20N4O. The predicted molar refractivity (Wildman–Crippen MR) is 75.8 cm³/mol. The van der Waals surface area contributed by atoms with E-state index in [4.69, 9.17) is 5.26 Å². The van der Waals surface area contributed by atoms with E-state index in [1.54, 1.807) is 24.3 Å². The normalized spacial score (nSPS) is 10.2. The second kappa shape index (κ2) is 8.25. The fraction of sp³-hybridized carbons (Fsp3) is 0.429. The number of nitrogens with one attached hydrogen (secondary N) is 2. The Morgan fingerprint density at radius 2 is 2.00 bits per heavy atom. The molecule has 0 spiro atoms. The molecule has 0 atom stereocenters. The van der Waals surface area contributed by atoms with Gasteiger partial charge in [-0.2, -0.15) is 5.26 Å². The van der Waals surface area contributed by atoms with Crippen LogP contribution in [-0.4, -0.2) is 44.5 Å². The van der Waals surface area contributed by atoms with Gasteiger partial charge in [-0.25, -0.2) is 0 Å². The fourth-order valence-electron chi connectivity index (χ4n) is 1.56. The van der Waals surface area contributed by atoms with E-state index in [1.807, 2.05) is 20.2 Å². The first-order chi connectivity index (χ1) is 9.15. The zero-order valence-electron chi connectivity index (χ0n) is 11.4. The summed E-state index contributed by atoms with van der Waals surface area (Å²) in [7, 11) is 3.90. The van der Waals surface area contributed by atoms with Crippen molar-refractivity contribution in [2.75, 3.05) is 39.0 Å². The Balaban J connectivity index is 2.32. The predicted octanol–water partition coefficient (Wildman–Crippen LogP) is 1.04. The molecule has 0 saturated heterocycles. The van der Waals surface area contributed by atoms with Crippen LogP contribution in [-0.2, 0) is 4.79 Å². The quantitative estimate of drug-likeness (QED) is 0.768. The van der Waals surface area contributed by atoms with E-state index in [2.05, 4.69) is 15.5 Å². The van der Waals surface area contributed by atoms with Crippen molar-refractivity contribution in [3.05, 3.63) is 29.8 Å². The van der Waals surface area contributed by atoms with Crippen LogP contribution in [0.2, 0.25) is 0 Å². The monoisotopic (exact) mass is 260 g/mol. The van der Waals surface area contributed by atoms with E-state index < -0.39 is 0 Å². The van der Waals surface area contributed by atoms with Gasteiger partial charge >= 0.3 is 0 Å². The van der Waals surface area contributed by atoms with E-state index in [0.29, 0.717) is 12.0 Å². The van der Waals surface area contributed by atoms with Gasteiger partial charge in [0.25, 0.3) is 0 Å². The number of nitrogens with zero attached hydrogens (tertiary/aromatic N) is 2. The van der Waals surface area contributed by atoms with Crippen molar-refractivity contribution in [3.63, 3.8) is 0 Å². The van der Waals surface area contributed by atoms with Crippen LogP contribution in [0.4, 0.5) is 5.69 Å². The van der Waals surface area contributed by atoms with Crippen LogP contribution in [0, 0.1) is 11.3 Å². The summed E-state index contributed by atoms with van der Waals surface area (Å²) >= 11 is 0. The molecule has 0 aliphatic heterocycles. The van der Waals surface area contributed by atoms with Crippen molar-refractivity contribution < 1.29 is 4.79 Å². The number of hydrogen-bond acceptors (Lipinski definition) is 4. The van der Waals surface area contributed by atoms with Gasteiger partial charge in [-0.15, -0.1) is 0 Å². The van der Waals surface area contributed by atoms with Crippen molar-refractivity contribution in [3.8, 4) is 6.07 Å². The second-order valence-corrected chi connectivity index (χ2v) is 4.39. The van der Waals surface area contributed by atoms with Crippen LogP contribution in [0.25, 0.3) is 0 Å². The van der Waals surface area contributed by atoms with Crippen molar-refractivity contribution in [2.45, 2.75) is 6.42 Å². The summed E-state index contributed by atoms with van der Waals surface area (Å²) < 4.78 is 0. The van der Waals surface area contributed by atoms with E-state index in [-0.39, 0.29) is 5.91 Å². The van der Waals surface area contributed by atoms with Gasteiger partial charge in [-0.05, 0) is 38.4 Å². The number of carbonyl (C=O) groups excluding carboxylic acids is 1. The van der Waals surface area contributed by atoms with E-state index in [1.165, 1.54) is 0 Å². The van der Waals surface area contributed by atoms with Gasteiger partial charge in [0.15, 0.2) is 0 Å². The van der Waals surface area contributed by atoms with Crippen LogP contribution < -0.4 is 10.6 Å². The zero-order chi connectivity index (χ0) is 14.1. The molecule has 1 amide bonds. The number of anilines is 1. The Bertz CT molecular complexity index is 436. The highest BCUT2D eigenvalue weighted by Crippen LogP contribution is 2.09. The van der Waals surface area contributed by atoms with Crippen molar-refractivity contribution in [2.24, 2.45) is 0 Å². The van der Waals surface area contributed by atoms with Crippen LogP contribution in [0.5, 0.6) is 0 Å². The van der Waals surface area contributed by atoms with Gasteiger partial charge in [-0.1, -0.05) is 0 Å². The van der Waals surface area contributed by atoms with Crippen molar-refractivity contribution >= 4 is 11.6 Å². The first kappa shape index (κ1) is 15.2. The van der Waals surface area contributed by atoms with Crippen LogP contribution in [0.15, 0.2) is 24.3 Å². The topological polar surface area (TPSA) is 68.2 Å². The van der Waals surface area contributed by atoms with Gasteiger partial charge in [0, 0.05) is 31.7 Å². The van der Waals surface area contributed by atoms with Crippen molar-refractivity contribution in [1.29, 1.82) is 5.26 Å². The molecule has 1 rings (SSSR count). The summed E-state index contributed by atoms with van der Waals surface area (Å²) in [6, 6.07) is 8.89. The molecule has 0 aliphatic carbocycles. The smallest absolute Gasteiger partial charge is 0.225 e. The highest BCUT2D eigenvalue weighted by Gasteiger charge is 2.05. The molecule has 1 aromatic rings. The summed E-state index contributed by atoms with van der Waals surface area (Å²) in [5, 5.41) is 14.6. The molecule has 0 fully saturated rings. The number of rotatable bonds is 7. The van der Waals surface area contributed by atoms with E-state index >= 15 is 0 Å². The Hall–Kier alpha value is -1.90. The zero-order valence-corrected chi connectivity index (χ0v) is 11.4. The third-order valence-corrected chi connectivity index (χ3v) is 2.76. The van der Waals surface area contributed by atoms with Gasteiger partial charge in [0.05, 0.1) is 11.6 Å². The molecule has 5 heteroatoms. The summed E-state index contributed by atoms with van der Waals surface area (Å²) in [5.74, 6) is -0.0129. The number of amides is 1. The number of carbonyl (C=O) groups is 1. The molecule has 19 heavy (non-hydrogen) atoms. The minimum atomic E-state index is -0.0129. The summed E-state index contributed by atoms with van der Waals surface area (Å²) in [5.41, 5.74) is 1.31. The number of nitriles is 1. The Kier molecular flexibility index (Phi) is 6.58. The molecule has 0 bridgehead atoms. The molecule has 5 nitrogen and oxygen atoms in total. The van der Waals surface area contributed by atoms with Gasteiger partial charge in [0.2, 0.25) is 5.91 Å². The van der Waals surface area contributed by atoms with Gasteiger partial charge < -0.3 is 15.5 Å². The molecule has 102 valence electrons. The van der Waals surface area contributed by atoms with Gasteiger partial charge in [-0.3, -0.25) is 4.79 Å². The Labute approximate surface area is 114 Å². The van der Waals surface area contributed by atoms with E-state index in [0.717, 1.165) is 25.3 Å². The molecule has 0 saturated carbocycles. The Morgan fingerprint density at radius 3 is 2.58 bits per heavy atom. The third kappa shape index (κ3) is 6.00. The molecule has 1 aromatic carbocycles. The summed E-state index contributed by atoms with van der Waals surface area (Å²) in [6.07, 6.45) is 0.459. The molecular weight excluding hydrogens is 240 g/mol. The largest absolute Gasteiger partial charge is 0.326 e. The van der Waals surface area contributed by atoms with Crippen LogP contribution in [0.3, 0.4) is 0 Å². The first-order valence-corrected chi connectivity index (χ1v) is 6.29. The molecule has 0 aliphatic rings. The van der Waals surface area contributed by atoms with Crippen LogP contribution in [0.1, 0.15) is 12.0 Å². The number of likely N-dealkylation sites (N-methyl/N-ethyl adjacent to an activating group) is 2. The van der Waals surface area contributed by atoms with Gasteiger partial charge in [0.1, 0.15) is 0 Å². The molecule has 0 aromatic heterocycles. The van der Waals surface area contributed by atoms with Crippen molar-refractivity contribution in [1.82, 2.24) is 10.2 Å². The second-order valence-electron chi connectivity index (χ2n) is 4.39. The summed E-state index contributed by atoms with van der Waals surface area (Å²) in [6.45, 7) is 2.55.